The van der Waals surface area contributed by atoms with Gasteiger partial charge in [-0.3, -0.25) is 0 Å². The van der Waals surface area contributed by atoms with Crippen LogP contribution in [0.1, 0.15) is 110 Å². The van der Waals surface area contributed by atoms with E-state index in [1.807, 2.05) is 0 Å². The number of rotatable bonds is 20. The van der Waals surface area contributed by atoms with E-state index in [2.05, 4.69) is 55.5 Å². The quantitative estimate of drug-likeness (QED) is 0.168. The second kappa shape index (κ2) is 24.9. The first-order chi connectivity index (χ1) is 13.4. The summed E-state index contributed by atoms with van der Waals surface area (Å²) in [6.07, 6.45) is 39.0. The van der Waals surface area contributed by atoms with Gasteiger partial charge in [0, 0.05) is 0 Å². The number of hydrogen-bond donors (Lipinski definition) is 1. The molecule has 0 aliphatic heterocycles. The Balaban J connectivity index is 3.29. The van der Waals surface area contributed by atoms with E-state index in [0.29, 0.717) is 0 Å². The summed E-state index contributed by atoms with van der Waals surface area (Å²) in [5.74, 6) is 0. The second-order valence-corrected chi connectivity index (χ2v) is 7.48. The highest BCUT2D eigenvalue weighted by Gasteiger charge is 1.91. The third-order valence-corrected chi connectivity index (χ3v) is 4.76. The van der Waals surface area contributed by atoms with Gasteiger partial charge in [-0.25, -0.2) is 0 Å². The molecule has 0 aromatic rings. The van der Waals surface area contributed by atoms with Crippen LogP contribution in [0.25, 0.3) is 0 Å². The molecule has 1 heteroatoms. The van der Waals surface area contributed by atoms with E-state index in [1.54, 1.807) is 0 Å². The second-order valence-electron chi connectivity index (χ2n) is 7.48. The molecule has 1 nitrogen and oxygen atoms in total. The van der Waals surface area contributed by atoms with Gasteiger partial charge in [0.15, 0.2) is 0 Å². The molecule has 0 heterocycles. The number of hydrogen-bond acceptors (Lipinski definition) is 1. The van der Waals surface area contributed by atoms with Gasteiger partial charge in [-0.15, -0.1) is 0 Å². The maximum absolute atomic E-state index is 5.47. The topological polar surface area (TPSA) is 26.0 Å². The fourth-order valence-corrected chi connectivity index (χ4v) is 3.01. The summed E-state index contributed by atoms with van der Waals surface area (Å²) in [6.45, 7) is 3.08. The van der Waals surface area contributed by atoms with Crippen molar-refractivity contribution in [3.63, 3.8) is 0 Å². The normalized spacial score (nSPS) is 12.5. The van der Waals surface area contributed by atoms with Gasteiger partial charge < -0.3 is 5.73 Å². The molecule has 0 bridgehead atoms. The monoisotopic (exact) mass is 373 g/mol. The molecule has 27 heavy (non-hydrogen) atoms. The minimum absolute atomic E-state index is 0.797. The minimum atomic E-state index is 0.797. The van der Waals surface area contributed by atoms with E-state index < -0.39 is 0 Å². The number of nitrogens with two attached hydrogens (primary N) is 1. The molecule has 0 aromatic heterocycles. The van der Waals surface area contributed by atoms with Crippen molar-refractivity contribution in [3.05, 3.63) is 48.6 Å². The van der Waals surface area contributed by atoms with E-state index in [1.165, 1.54) is 64.2 Å². The molecule has 0 rings (SSSR count). The summed E-state index contributed by atoms with van der Waals surface area (Å²) in [7, 11) is 0. The molecule has 0 saturated carbocycles. The first kappa shape index (κ1) is 25.9. The van der Waals surface area contributed by atoms with E-state index >= 15 is 0 Å². The molecule has 0 aromatic carbocycles. The van der Waals surface area contributed by atoms with Crippen molar-refractivity contribution in [2.45, 2.75) is 110 Å². The van der Waals surface area contributed by atoms with Gasteiger partial charge in [-0.1, -0.05) is 107 Å². The Morgan fingerprint density at radius 1 is 0.444 bits per heavy atom. The molecule has 156 valence electrons. The van der Waals surface area contributed by atoms with Crippen LogP contribution < -0.4 is 5.73 Å². The summed E-state index contributed by atoms with van der Waals surface area (Å²) in [6, 6.07) is 0. The predicted octanol–water partition coefficient (Wildman–Crippen LogP) is 8.43. The lowest BCUT2D eigenvalue weighted by atomic mass is 10.1. The fraction of sp³-hybridized carbons (Fsp3) is 0.692. The van der Waals surface area contributed by atoms with Crippen molar-refractivity contribution in [1.82, 2.24) is 0 Å². The molecule has 0 atom stereocenters. The van der Waals surface area contributed by atoms with Crippen LogP contribution in [0, 0.1) is 0 Å². The van der Waals surface area contributed by atoms with Crippen molar-refractivity contribution in [1.29, 1.82) is 0 Å². The molecule has 0 unspecified atom stereocenters. The lowest BCUT2D eigenvalue weighted by molar-refractivity contribution is 0.566. The van der Waals surface area contributed by atoms with Crippen LogP contribution in [0.2, 0.25) is 0 Å². The Bertz CT molecular complexity index is 376. The van der Waals surface area contributed by atoms with Crippen LogP contribution in [0.5, 0.6) is 0 Å². The van der Waals surface area contributed by atoms with Crippen molar-refractivity contribution < 1.29 is 0 Å². The van der Waals surface area contributed by atoms with Crippen molar-refractivity contribution in [2.75, 3.05) is 6.54 Å². The van der Waals surface area contributed by atoms with Crippen LogP contribution >= 0.6 is 0 Å². The Hall–Kier alpha value is -1.08. The largest absolute Gasteiger partial charge is 0.330 e. The smallest absolute Gasteiger partial charge is 0.00743 e. The van der Waals surface area contributed by atoms with Crippen LogP contribution in [0.4, 0.5) is 0 Å². The summed E-state index contributed by atoms with van der Waals surface area (Å²) in [5, 5.41) is 0. The average molecular weight is 374 g/mol. The van der Waals surface area contributed by atoms with Gasteiger partial charge in [0.05, 0.1) is 0 Å². The third-order valence-electron chi connectivity index (χ3n) is 4.76. The third kappa shape index (κ3) is 24.9. The fourth-order valence-electron chi connectivity index (χ4n) is 3.01. The highest BCUT2D eigenvalue weighted by molar-refractivity contribution is 4.97. The Morgan fingerprint density at radius 3 is 1.44 bits per heavy atom. The maximum Gasteiger partial charge on any atom is -0.00743 e. The Kier molecular flexibility index (Phi) is 23.9. The Labute approximate surface area is 170 Å². The zero-order valence-corrected chi connectivity index (χ0v) is 18.2. The molecule has 0 radical (unpaired) electrons. The van der Waals surface area contributed by atoms with Gasteiger partial charge in [0.2, 0.25) is 0 Å². The van der Waals surface area contributed by atoms with Crippen molar-refractivity contribution in [3.8, 4) is 0 Å². The first-order valence-electron chi connectivity index (χ1n) is 11.7. The van der Waals surface area contributed by atoms with E-state index in [4.69, 9.17) is 5.73 Å². The summed E-state index contributed by atoms with van der Waals surface area (Å²) < 4.78 is 0. The standard InChI is InChI=1S/C26H47N/c1-2-3-4-5-6-7-8-9-10-11-12-13-14-15-16-17-18-19-20-21-22-23-24-25-26-27/h12-13,15-16,18-19,22-23H,2-11,14,17,20-21,24-27H2,1H3. The van der Waals surface area contributed by atoms with Gasteiger partial charge >= 0.3 is 0 Å². The molecule has 0 fully saturated rings. The SMILES string of the molecule is CCCCCCCCCCCC=CCC=CCC=CCCC=CCCCN. The van der Waals surface area contributed by atoms with Gasteiger partial charge in [0.25, 0.3) is 0 Å². The van der Waals surface area contributed by atoms with E-state index in [0.717, 1.165) is 45.1 Å². The molecule has 0 aliphatic rings. The summed E-state index contributed by atoms with van der Waals surface area (Å²) in [4.78, 5) is 0. The van der Waals surface area contributed by atoms with Crippen molar-refractivity contribution in [2.24, 2.45) is 5.73 Å². The molecular formula is C26H47N. The van der Waals surface area contributed by atoms with Gasteiger partial charge in [0.1, 0.15) is 0 Å². The zero-order valence-electron chi connectivity index (χ0n) is 18.2. The summed E-state index contributed by atoms with van der Waals surface area (Å²) >= 11 is 0. The molecule has 0 aliphatic carbocycles. The summed E-state index contributed by atoms with van der Waals surface area (Å²) in [5.41, 5.74) is 5.47. The maximum atomic E-state index is 5.47. The number of unbranched alkanes of at least 4 members (excludes halogenated alkanes) is 11. The average Bonchev–Trinajstić information content (AvgIpc) is 2.68. The molecule has 0 spiro atoms. The lowest BCUT2D eigenvalue weighted by Gasteiger charge is -2.00. The van der Waals surface area contributed by atoms with Crippen LogP contribution in [-0.4, -0.2) is 6.54 Å². The van der Waals surface area contributed by atoms with Crippen LogP contribution in [0.15, 0.2) is 48.6 Å². The molecular weight excluding hydrogens is 326 g/mol. The van der Waals surface area contributed by atoms with Crippen LogP contribution in [0.3, 0.4) is 0 Å². The van der Waals surface area contributed by atoms with Gasteiger partial charge in [-0.05, 0) is 57.9 Å². The highest BCUT2D eigenvalue weighted by atomic mass is 14.5. The predicted molar refractivity (Wildman–Crippen MR) is 125 cm³/mol. The zero-order chi connectivity index (χ0) is 19.7. The number of allylic oxidation sites excluding steroid dienone is 8. The first-order valence-corrected chi connectivity index (χ1v) is 11.7. The van der Waals surface area contributed by atoms with Crippen LogP contribution in [-0.2, 0) is 0 Å². The van der Waals surface area contributed by atoms with Crippen molar-refractivity contribution >= 4 is 0 Å². The highest BCUT2D eigenvalue weighted by Crippen LogP contribution is 2.10. The minimum Gasteiger partial charge on any atom is -0.330 e. The Morgan fingerprint density at radius 2 is 0.852 bits per heavy atom. The molecule has 0 amide bonds. The van der Waals surface area contributed by atoms with E-state index in [-0.39, 0.29) is 0 Å². The molecule has 2 N–H and O–H groups in total. The lowest BCUT2D eigenvalue weighted by Crippen LogP contribution is -1.96. The van der Waals surface area contributed by atoms with E-state index in [9.17, 15) is 0 Å². The molecule has 0 saturated heterocycles. The van der Waals surface area contributed by atoms with Gasteiger partial charge in [-0.2, -0.15) is 0 Å².